The van der Waals surface area contributed by atoms with Crippen molar-refractivity contribution in [3.8, 4) is 57.1 Å². The van der Waals surface area contributed by atoms with Crippen molar-refractivity contribution in [2.24, 2.45) is 17.4 Å². The molecule has 8 aliphatic heterocycles. The Kier molecular flexibility index (Phi) is 30.6. The van der Waals surface area contributed by atoms with Gasteiger partial charge in [-0.3, -0.25) is 38.4 Å². The molecule has 3 fully saturated rings. The predicted molar refractivity (Wildman–Crippen MR) is 461 cm³/mol. The van der Waals surface area contributed by atoms with E-state index in [1.54, 1.807) is 56.3 Å². The summed E-state index contributed by atoms with van der Waals surface area (Å²) >= 11 is 26.7. The number of carboxylic acid groups (broad SMARTS) is 1. The van der Waals surface area contributed by atoms with Crippen LogP contribution in [0.5, 0.6) is 46.0 Å². The molecule has 0 spiro atoms. The average molecular weight is 1900 g/mol. The maximum Gasteiger partial charge on any atom is 0.330 e. The number of carbonyl (C=O) groups is 9. The molecule has 44 heteroatoms. The molecule has 0 aromatic heterocycles. The van der Waals surface area contributed by atoms with Crippen LogP contribution in [0.1, 0.15) is 127 Å². The van der Waals surface area contributed by atoms with Gasteiger partial charge in [-0.2, -0.15) is 0 Å². The minimum Gasteiger partial charge on any atom is -0.508 e. The van der Waals surface area contributed by atoms with Gasteiger partial charge in [-0.05, 0) is 145 Å². The number of likely N-dealkylation sites (N-methyl/N-ethyl adjacent to an activating group) is 1. The number of phenolic OH excluding ortho intramolecular Hbond substituents is 3. The lowest BCUT2D eigenvalue weighted by Crippen LogP contribution is -2.65. The summed E-state index contributed by atoms with van der Waals surface area (Å²) in [6.45, 7) is 5.36. The molecule has 40 nitrogen and oxygen atoms in total. The van der Waals surface area contributed by atoms with Gasteiger partial charge in [-0.1, -0.05) is 96.6 Å². The van der Waals surface area contributed by atoms with Crippen LogP contribution in [0.15, 0.2) is 121 Å². The SMILES string of the molecule is CN[C@H](CC(C)C)C(=O)N[C@H]1C(=O)N[C@@H](CC(N)=O)C(=O)N[C@H]2C(=O)N[C@H]3C(=O)N[C@H](C(=O)N[C@@H](C(=O)O)c4cc(O)cc(O)c4-c4cc3ccc4O)[C@H](O[C@H]3C[C@](C)(N)[C@@H](O)[C@H](C)O3)c3ccc(c(Cl)c3)Oc3cc2cc(c3OC2O[C@H](CO)[C@@H](O[C@H]3O[C@H](CNCc4ccc(C(=O)NCc5ccc(Cl)c(Cl)c5)cc4)[C@H](O)[C@H](O)[C@H]3O)[C@H](O)[C@H]2O)Oc2ccc(cc2Cl)[C@H]1O. The molecule has 0 saturated carbocycles. The second-order valence-corrected chi connectivity index (χ2v) is 34.7. The van der Waals surface area contributed by atoms with Crippen LogP contribution < -0.4 is 73.5 Å². The topological polar surface area (TPSA) is 631 Å². The number of hydrogen-bond acceptors (Lipinski definition) is 31. The number of primary amides is 1. The van der Waals surface area contributed by atoms with E-state index < -0.39 is 290 Å². The summed E-state index contributed by atoms with van der Waals surface area (Å²) in [5, 5.41) is 163. The van der Waals surface area contributed by atoms with Gasteiger partial charge in [0.15, 0.2) is 30.1 Å². The summed E-state index contributed by atoms with van der Waals surface area (Å²) in [6, 6.07) is 10.2. The molecule has 1 unspecified atom stereocenters. The van der Waals surface area contributed by atoms with Crippen LogP contribution in [0.2, 0.25) is 20.1 Å². The van der Waals surface area contributed by atoms with E-state index in [0.29, 0.717) is 26.7 Å². The maximum atomic E-state index is 16.5. The van der Waals surface area contributed by atoms with Crippen molar-refractivity contribution in [3.63, 3.8) is 0 Å². The molecule has 7 aromatic rings. The third-order valence-electron chi connectivity index (χ3n) is 23.0. The predicted octanol–water partition coefficient (Wildman–Crippen LogP) is 1.96. The Morgan fingerprint density at radius 1 is 0.611 bits per heavy atom. The minimum atomic E-state index is -2.44. The number of phenols is 3. The van der Waals surface area contributed by atoms with Gasteiger partial charge < -0.3 is 158 Å². The molecule has 702 valence electrons. The number of fused-ring (bicyclic) bond motifs is 15. The van der Waals surface area contributed by atoms with Crippen LogP contribution in [0.25, 0.3) is 11.1 Å². The largest absolute Gasteiger partial charge is 0.508 e. The number of nitrogens with two attached hydrogens (primary N) is 2. The molecule has 8 amide bonds. The number of rotatable bonds is 22. The highest BCUT2D eigenvalue weighted by Crippen LogP contribution is 2.51. The fourth-order valence-corrected chi connectivity index (χ4v) is 16.8. The second kappa shape index (κ2) is 41.1. The van der Waals surface area contributed by atoms with Gasteiger partial charge >= 0.3 is 5.97 Å². The zero-order valence-corrected chi connectivity index (χ0v) is 73.3. The Morgan fingerprint density at radius 2 is 1.24 bits per heavy atom. The van der Waals surface area contributed by atoms with Crippen LogP contribution in [0.4, 0.5) is 0 Å². The Morgan fingerprint density at radius 3 is 1.87 bits per heavy atom. The van der Waals surface area contributed by atoms with Crippen molar-refractivity contribution in [3.05, 3.63) is 186 Å². The van der Waals surface area contributed by atoms with E-state index in [1.807, 2.05) is 0 Å². The summed E-state index contributed by atoms with van der Waals surface area (Å²) in [5.41, 5.74) is 9.58. The third-order valence-corrected chi connectivity index (χ3v) is 24.3. The van der Waals surface area contributed by atoms with Crippen LogP contribution in [-0.4, -0.2) is 244 Å². The fraction of sp³-hybridized carbons (Fsp3) is 0.414. The number of ether oxygens (including phenoxy) is 8. The van der Waals surface area contributed by atoms with Gasteiger partial charge in [-0.25, -0.2) is 4.79 Å². The quantitative estimate of drug-likeness (QED) is 0.0461. The first-order valence-electron chi connectivity index (χ1n) is 41.2. The van der Waals surface area contributed by atoms with E-state index in [2.05, 4.69) is 47.9 Å². The first-order valence-corrected chi connectivity index (χ1v) is 42.7. The number of halogens is 4. The Bertz CT molecular complexity index is 5490. The van der Waals surface area contributed by atoms with Crippen molar-refractivity contribution in [2.75, 3.05) is 20.2 Å². The molecule has 8 aliphatic rings. The monoisotopic (exact) mass is 1900 g/mol. The van der Waals surface area contributed by atoms with Crippen molar-refractivity contribution >= 4 is 99.6 Å². The highest BCUT2D eigenvalue weighted by molar-refractivity contribution is 6.42. The normalized spacial score (nSPS) is 28.9. The standard InChI is InChI=1S/C87H97Cl4N11O29/c1-33(2)18-49(94-5)78(116)101-65-67(108)39-12-16-53(47(90)21-39)125-55-23-41-24-56(74(55)130-86-72(113)70(111)75(58(32-103)128-86)131-85-71(112)69(110)68(109)57(127-85)31-95-29-35-6-9-37(10-7-35)77(115)96-30-36-8-14-45(88)46(89)19-36)126-54-17-13-40(22-48(54)91)73(129-60-28-87(4,93)76(114)34(3)124-60)66-83(121)100-64(84(122)123)44-25-42(104)26-52(106)61(44)43-20-38(11-15-51(43)105)62(80(118)102-66)99-81(119)63(41)98-79(117)50(27-59(92)107)97-82(65)120/h6-17,19-26,33-34,49-50,57-58,60,62-73,75-76,85-86,94-95,103-106,108-114H,18,27-32,93H2,1-5H3,(H2,92,107)(H,96,115)(H,97,120)(H,98,117)(H,99,119)(H,100,121)(H,101,116)(H,102,118)(H,122,123)/t34-,49+,50-,57+,58+,60-,62+,63+,64+,65+,66-,67+,68-,69-,70+,71+,72+,73+,75+,76-,85+,86?,87-/m0/s1. The molecule has 3 saturated heterocycles. The molecule has 7 aromatic carbocycles. The number of benzene rings is 7. The number of aliphatic hydroxyl groups excluding tert-OH is 8. The molecule has 8 heterocycles. The van der Waals surface area contributed by atoms with E-state index >= 15 is 24.0 Å². The number of aliphatic carboxylic acids is 1. The first-order chi connectivity index (χ1) is 62.1. The number of carbonyl (C=O) groups excluding carboxylic acids is 8. The zero-order chi connectivity index (χ0) is 94.8. The van der Waals surface area contributed by atoms with Crippen molar-refractivity contribution in [1.29, 1.82) is 0 Å². The summed E-state index contributed by atoms with van der Waals surface area (Å²) < 4.78 is 51.2. The summed E-state index contributed by atoms with van der Waals surface area (Å²) in [5.74, 6) is -17.2. The average Bonchev–Trinajstić information content (AvgIpc) is 0.763. The molecule has 11 bridgehead atoms. The zero-order valence-electron chi connectivity index (χ0n) is 70.2. The summed E-state index contributed by atoms with van der Waals surface area (Å²) in [6.07, 6.45) is -29.6. The molecular weight excluding hydrogens is 1800 g/mol. The highest BCUT2D eigenvalue weighted by Gasteiger charge is 2.53. The minimum absolute atomic E-state index is 0.0889. The van der Waals surface area contributed by atoms with Crippen LogP contribution >= 0.6 is 46.4 Å². The van der Waals surface area contributed by atoms with Crippen LogP contribution in [0, 0.1) is 5.92 Å². The summed E-state index contributed by atoms with van der Waals surface area (Å²) in [7, 11) is 1.46. The number of amides is 8. The van der Waals surface area contributed by atoms with Crippen molar-refractivity contribution in [1.82, 2.24) is 47.9 Å². The molecular formula is C87H97Cl4N11O29. The van der Waals surface area contributed by atoms with Gasteiger partial charge in [0, 0.05) is 59.9 Å². The van der Waals surface area contributed by atoms with Gasteiger partial charge in [0.1, 0.15) is 120 Å². The first kappa shape index (κ1) is 97.6. The Balaban J connectivity index is 0.929. The lowest BCUT2D eigenvalue weighted by Gasteiger charge is -2.46. The maximum absolute atomic E-state index is 16.5. The van der Waals surface area contributed by atoms with Gasteiger partial charge in [-0.15, -0.1) is 0 Å². The molecule has 23 atom stereocenters. The van der Waals surface area contributed by atoms with E-state index in [4.69, 9.17) is 95.8 Å². The van der Waals surface area contributed by atoms with E-state index in [0.717, 1.165) is 66.7 Å². The van der Waals surface area contributed by atoms with E-state index in [-0.39, 0.29) is 49.5 Å². The Labute approximate surface area is 766 Å². The number of aliphatic hydroxyl groups is 8. The van der Waals surface area contributed by atoms with Crippen LogP contribution in [0.3, 0.4) is 0 Å². The lowest BCUT2D eigenvalue weighted by atomic mass is 9.86. The number of hydrogen-bond donors (Lipinski definition) is 23. The van der Waals surface area contributed by atoms with Gasteiger partial charge in [0.25, 0.3) is 5.91 Å². The molecule has 0 radical (unpaired) electrons. The van der Waals surface area contributed by atoms with E-state index in [1.165, 1.54) is 33.0 Å². The van der Waals surface area contributed by atoms with Gasteiger partial charge in [0.2, 0.25) is 53.4 Å². The van der Waals surface area contributed by atoms with E-state index in [9.17, 15) is 80.5 Å². The number of aromatic hydroxyl groups is 3. The fourth-order valence-electron chi connectivity index (χ4n) is 16.1. The Hall–Kier alpha value is -10.9. The highest BCUT2D eigenvalue weighted by atomic mass is 35.5. The molecule has 131 heavy (non-hydrogen) atoms. The van der Waals surface area contributed by atoms with Crippen LogP contribution in [-0.2, 0) is 75.1 Å². The molecule has 0 aliphatic carbocycles. The lowest BCUT2D eigenvalue weighted by molar-refractivity contribution is -0.350. The summed E-state index contributed by atoms with van der Waals surface area (Å²) in [4.78, 5) is 133. The van der Waals surface area contributed by atoms with Crippen molar-refractivity contribution in [2.45, 2.75) is 200 Å². The molecule has 25 N–H and O–H groups in total. The number of nitrogens with one attached hydrogen (secondary N) is 9. The molecule has 15 rings (SSSR count). The number of carboxylic acids is 1. The van der Waals surface area contributed by atoms with Gasteiger partial charge in [0.05, 0.1) is 51.4 Å². The third kappa shape index (κ3) is 21.9. The smallest absolute Gasteiger partial charge is 0.330 e. The van der Waals surface area contributed by atoms with Crippen molar-refractivity contribution < 1.29 is 142 Å². The second-order valence-electron chi connectivity index (χ2n) is 33.1.